The quantitative estimate of drug-likeness (QED) is 0.590. The van der Waals surface area contributed by atoms with Crippen molar-refractivity contribution in [1.82, 2.24) is 15.0 Å². The van der Waals surface area contributed by atoms with E-state index in [0.717, 1.165) is 35.6 Å². The number of hydrogen-bond acceptors (Lipinski definition) is 7. The minimum absolute atomic E-state index is 0.0492. The minimum Gasteiger partial charge on any atom is -0.494 e. The predicted molar refractivity (Wildman–Crippen MR) is 101 cm³/mol. The molecule has 1 aromatic carbocycles. The van der Waals surface area contributed by atoms with E-state index in [9.17, 15) is 9.90 Å². The van der Waals surface area contributed by atoms with Gasteiger partial charge in [0, 0.05) is 32.4 Å². The first-order chi connectivity index (χ1) is 12.6. The summed E-state index contributed by atoms with van der Waals surface area (Å²) in [5.74, 6) is 1.44. The van der Waals surface area contributed by atoms with Crippen LogP contribution in [0, 0.1) is 0 Å². The fourth-order valence-electron chi connectivity index (χ4n) is 2.44. The van der Waals surface area contributed by atoms with Crippen LogP contribution in [-0.4, -0.2) is 40.3 Å². The number of rotatable bonds is 8. The number of aromatic hydroxyl groups is 1. The van der Waals surface area contributed by atoms with Crippen molar-refractivity contribution in [2.75, 3.05) is 25.1 Å². The van der Waals surface area contributed by atoms with Gasteiger partial charge in [-0.05, 0) is 30.2 Å². The molecule has 0 amide bonds. The minimum atomic E-state index is -0.247. The first kappa shape index (κ1) is 17.9. The van der Waals surface area contributed by atoms with Gasteiger partial charge in [-0.2, -0.15) is 0 Å². The average Bonchev–Trinajstić information content (AvgIpc) is 2.97. The van der Waals surface area contributed by atoms with Crippen LogP contribution in [0.5, 0.6) is 11.6 Å². The molecule has 0 radical (unpaired) electrons. The van der Waals surface area contributed by atoms with E-state index in [-0.39, 0.29) is 10.8 Å². The number of H-pyrrole nitrogens is 1. The third-order valence-electron chi connectivity index (χ3n) is 3.79. The molecule has 2 aromatic heterocycles. The van der Waals surface area contributed by atoms with Crippen LogP contribution in [0.15, 0.2) is 47.5 Å². The smallest absolute Gasteiger partial charge is 0.307 e. The Morgan fingerprint density at radius 3 is 2.62 bits per heavy atom. The number of ether oxygens (including phenoxy) is 1. The Morgan fingerprint density at radius 1 is 1.23 bits per heavy atom. The summed E-state index contributed by atoms with van der Waals surface area (Å²) in [6.45, 7) is 1.39. The van der Waals surface area contributed by atoms with Crippen LogP contribution < -0.4 is 14.5 Å². The largest absolute Gasteiger partial charge is 0.494 e. The van der Waals surface area contributed by atoms with Crippen molar-refractivity contribution in [3.05, 3.63) is 62.8 Å². The van der Waals surface area contributed by atoms with Crippen molar-refractivity contribution in [3.8, 4) is 11.6 Å². The molecule has 0 atom stereocenters. The molecule has 26 heavy (non-hydrogen) atoms. The van der Waals surface area contributed by atoms with E-state index in [1.54, 1.807) is 18.5 Å². The fourth-order valence-corrected chi connectivity index (χ4v) is 3.20. The maximum Gasteiger partial charge on any atom is 0.307 e. The molecular formula is C18H20N4O3S. The third-order valence-corrected chi connectivity index (χ3v) is 4.66. The van der Waals surface area contributed by atoms with Gasteiger partial charge in [0.25, 0.3) is 0 Å². The van der Waals surface area contributed by atoms with E-state index < -0.39 is 0 Å². The van der Waals surface area contributed by atoms with Crippen LogP contribution in [0.25, 0.3) is 0 Å². The number of benzene rings is 1. The standard InChI is InChI=1S/C18H20N4O3S/c1-22(17-19-8-2-9-20-17)10-3-11-25-14-6-4-13(5-7-14)12-15-16(23)21-18(24)26-15/h2,4-9,23H,3,10-12H2,1H3,(H,21,24). The molecule has 2 N–H and O–H groups in total. The normalized spacial score (nSPS) is 10.7. The Balaban J connectivity index is 1.44. The zero-order valence-electron chi connectivity index (χ0n) is 14.4. The maximum atomic E-state index is 11.2. The molecule has 3 aromatic rings. The molecule has 0 aliphatic carbocycles. The molecule has 0 saturated carbocycles. The van der Waals surface area contributed by atoms with Gasteiger partial charge in [-0.3, -0.25) is 9.78 Å². The second-order valence-corrected chi connectivity index (χ2v) is 6.85. The van der Waals surface area contributed by atoms with E-state index >= 15 is 0 Å². The van der Waals surface area contributed by atoms with E-state index in [0.29, 0.717) is 23.9 Å². The number of hydrogen-bond donors (Lipinski definition) is 2. The lowest BCUT2D eigenvalue weighted by atomic mass is 10.1. The van der Waals surface area contributed by atoms with E-state index in [4.69, 9.17) is 4.74 Å². The van der Waals surface area contributed by atoms with E-state index in [1.807, 2.05) is 36.2 Å². The van der Waals surface area contributed by atoms with Crippen LogP contribution >= 0.6 is 11.3 Å². The van der Waals surface area contributed by atoms with Crippen molar-refractivity contribution in [2.24, 2.45) is 0 Å². The fraction of sp³-hybridized carbons (Fsp3) is 0.278. The van der Waals surface area contributed by atoms with Gasteiger partial charge in [-0.15, -0.1) is 0 Å². The lowest BCUT2D eigenvalue weighted by Gasteiger charge is -2.16. The molecule has 2 heterocycles. The highest BCUT2D eigenvalue weighted by Gasteiger charge is 2.08. The van der Waals surface area contributed by atoms with Gasteiger partial charge < -0.3 is 14.7 Å². The van der Waals surface area contributed by atoms with Crippen LogP contribution in [0.4, 0.5) is 5.95 Å². The van der Waals surface area contributed by atoms with Crippen molar-refractivity contribution in [1.29, 1.82) is 0 Å². The average molecular weight is 372 g/mol. The summed E-state index contributed by atoms with van der Waals surface area (Å²) < 4.78 is 5.75. The monoisotopic (exact) mass is 372 g/mol. The summed E-state index contributed by atoms with van der Waals surface area (Å²) in [4.78, 5) is 24.4. The topological polar surface area (TPSA) is 91.3 Å². The molecule has 0 bridgehead atoms. The summed E-state index contributed by atoms with van der Waals surface area (Å²) in [6, 6.07) is 9.45. The summed E-state index contributed by atoms with van der Waals surface area (Å²) in [5, 5.41) is 9.63. The molecule has 0 unspecified atom stereocenters. The number of aromatic amines is 1. The van der Waals surface area contributed by atoms with Crippen molar-refractivity contribution < 1.29 is 9.84 Å². The van der Waals surface area contributed by atoms with E-state index in [1.165, 1.54) is 0 Å². The number of aromatic nitrogens is 3. The molecule has 0 aliphatic heterocycles. The van der Waals surface area contributed by atoms with Gasteiger partial charge in [0.2, 0.25) is 11.8 Å². The zero-order chi connectivity index (χ0) is 18.4. The van der Waals surface area contributed by atoms with Gasteiger partial charge in [0.1, 0.15) is 5.75 Å². The van der Waals surface area contributed by atoms with Crippen molar-refractivity contribution in [2.45, 2.75) is 12.8 Å². The highest BCUT2D eigenvalue weighted by molar-refractivity contribution is 7.09. The lowest BCUT2D eigenvalue weighted by molar-refractivity contribution is 0.312. The Morgan fingerprint density at radius 2 is 1.96 bits per heavy atom. The summed E-state index contributed by atoms with van der Waals surface area (Å²) in [7, 11) is 1.95. The van der Waals surface area contributed by atoms with Crippen LogP contribution in [-0.2, 0) is 6.42 Å². The molecule has 8 heteroatoms. The van der Waals surface area contributed by atoms with Gasteiger partial charge in [-0.25, -0.2) is 9.97 Å². The SMILES string of the molecule is CN(CCCOc1ccc(Cc2sc(=O)[nH]c2O)cc1)c1ncccn1. The van der Waals surface area contributed by atoms with Crippen LogP contribution in [0.3, 0.4) is 0 Å². The van der Waals surface area contributed by atoms with Crippen molar-refractivity contribution in [3.63, 3.8) is 0 Å². The number of anilines is 1. The van der Waals surface area contributed by atoms with Gasteiger partial charge in [0.05, 0.1) is 11.5 Å². The molecule has 0 saturated heterocycles. The van der Waals surface area contributed by atoms with Crippen molar-refractivity contribution >= 4 is 17.3 Å². The molecule has 3 rings (SSSR count). The Kier molecular flexibility index (Phi) is 5.85. The van der Waals surface area contributed by atoms with Crippen LogP contribution in [0.1, 0.15) is 16.9 Å². The Bertz CT molecular complexity index is 877. The molecular weight excluding hydrogens is 352 g/mol. The molecule has 0 fully saturated rings. The predicted octanol–water partition coefficient (Wildman–Crippen LogP) is 2.43. The summed E-state index contributed by atoms with van der Waals surface area (Å²) >= 11 is 1.02. The first-order valence-corrected chi connectivity index (χ1v) is 9.04. The number of thiazole rings is 1. The second-order valence-electron chi connectivity index (χ2n) is 5.78. The summed E-state index contributed by atoms with van der Waals surface area (Å²) in [6.07, 6.45) is 4.81. The Hall–Kier alpha value is -2.87. The van der Waals surface area contributed by atoms with Gasteiger partial charge >= 0.3 is 4.87 Å². The number of nitrogens with zero attached hydrogens (tertiary/aromatic N) is 3. The Labute approximate surface area is 154 Å². The second kappa shape index (κ2) is 8.48. The van der Waals surface area contributed by atoms with Crippen LogP contribution in [0.2, 0.25) is 0 Å². The molecule has 0 aliphatic rings. The van der Waals surface area contributed by atoms with E-state index in [2.05, 4.69) is 15.0 Å². The zero-order valence-corrected chi connectivity index (χ0v) is 15.2. The highest BCUT2D eigenvalue weighted by atomic mass is 32.1. The van der Waals surface area contributed by atoms with Gasteiger partial charge in [-0.1, -0.05) is 23.5 Å². The maximum absolute atomic E-state index is 11.2. The molecule has 136 valence electrons. The number of nitrogens with one attached hydrogen (secondary N) is 1. The first-order valence-electron chi connectivity index (χ1n) is 8.22. The van der Waals surface area contributed by atoms with Gasteiger partial charge in [0.15, 0.2) is 0 Å². The highest BCUT2D eigenvalue weighted by Crippen LogP contribution is 2.21. The lowest BCUT2D eigenvalue weighted by Crippen LogP contribution is -2.22. The molecule has 0 spiro atoms. The molecule has 7 nitrogen and oxygen atoms in total. The summed E-state index contributed by atoms with van der Waals surface area (Å²) in [5.41, 5.74) is 1.00. The third kappa shape index (κ3) is 4.82.